The van der Waals surface area contributed by atoms with Gasteiger partial charge in [-0.15, -0.1) is 0 Å². The number of carbonyl (C=O) groups excluding carboxylic acids is 1. The third-order valence-corrected chi connectivity index (χ3v) is 4.62. The Bertz CT molecular complexity index is 781. The van der Waals surface area contributed by atoms with E-state index in [0.717, 1.165) is 16.5 Å². The van der Waals surface area contributed by atoms with Gasteiger partial charge in [0.15, 0.2) is 11.7 Å². The minimum absolute atomic E-state index is 0.0692. The highest BCUT2D eigenvalue weighted by Gasteiger charge is 2.11. The van der Waals surface area contributed by atoms with Crippen molar-refractivity contribution in [2.75, 3.05) is 11.9 Å². The first-order valence-corrected chi connectivity index (χ1v) is 9.41. The van der Waals surface area contributed by atoms with Gasteiger partial charge in [-0.05, 0) is 66.5 Å². The molecule has 2 aromatic rings. The SMILES string of the molecule is CC[C@@H](C)c1ccc(O)c(NC(=S)NC(=O)COc2ccc(Br)cc2)c1. The van der Waals surface area contributed by atoms with E-state index in [2.05, 4.69) is 40.4 Å². The van der Waals surface area contributed by atoms with Gasteiger partial charge in [-0.3, -0.25) is 10.1 Å². The number of hydrogen-bond acceptors (Lipinski definition) is 4. The summed E-state index contributed by atoms with van der Waals surface area (Å²) in [6.07, 6.45) is 0.985. The number of nitrogens with one attached hydrogen (secondary N) is 2. The molecular weight excluding hydrogens is 416 g/mol. The van der Waals surface area contributed by atoms with E-state index in [-0.39, 0.29) is 23.4 Å². The maximum atomic E-state index is 12.0. The number of carbonyl (C=O) groups is 1. The van der Waals surface area contributed by atoms with E-state index in [1.807, 2.05) is 24.3 Å². The zero-order valence-corrected chi connectivity index (χ0v) is 17.0. The summed E-state index contributed by atoms with van der Waals surface area (Å²) < 4.78 is 6.32. The molecule has 0 unspecified atom stereocenters. The third-order valence-electron chi connectivity index (χ3n) is 3.89. The minimum atomic E-state index is -0.386. The number of phenols is 1. The Labute approximate surface area is 166 Å². The summed E-state index contributed by atoms with van der Waals surface area (Å²) in [5.74, 6) is 0.627. The number of rotatable bonds is 6. The number of thiocarbonyl (C=S) groups is 1. The topological polar surface area (TPSA) is 70.6 Å². The molecule has 0 saturated heterocycles. The van der Waals surface area contributed by atoms with Crippen LogP contribution in [0.15, 0.2) is 46.9 Å². The zero-order chi connectivity index (χ0) is 19.1. The number of amides is 1. The highest BCUT2D eigenvalue weighted by Crippen LogP contribution is 2.29. The lowest BCUT2D eigenvalue weighted by molar-refractivity contribution is -0.121. The number of hydrogen-bond donors (Lipinski definition) is 3. The van der Waals surface area contributed by atoms with E-state index in [9.17, 15) is 9.90 Å². The molecular formula is C19H21BrN2O3S. The molecule has 0 heterocycles. The van der Waals surface area contributed by atoms with Gasteiger partial charge in [0, 0.05) is 4.47 Å². The Hall–Kier alpha value is -2.12. The fourth-order valence-corrected chi connectivity index (χ4v) is 2.68. The number of ether oxygens (including phenoxy) is 1. The van der Waals surface area contributed by atoms with Gasteiger partial charge in [0.2, 0.25) is 0 Å². The molecule has 1 atom stereocenters. The fraction of sp³-hybridized carbons (Fsp3) is 0.263. The van der Waals surface area contributed by atoms with Crippen LogP contribution in [0.3, 0.4) is 0 Å². The average molecular weight is 437 g/mol. The van der Waals surface area contributed by atoms with Gasteiger partial charge in [0.25, 0.3) is 5.91 Å². The van der Waals surface area contributed by atoms with Crippen molar-refractivity contribution in [3.63, 3.8) is 0 Å². The summed E-state index contributed by atoms with van der Waals surface area (Å²) in [7, 11) is 0. The van der Waals surface area contributed by atoms with Crippen LogP contribution in [-0.2, 0) is 4.79 Å². The highest BCUT2D eigenvalue weighted by molar-refractivity contribution is 9.10. The van der Waals surface area contributed by atoms with Crippen molar-refractivity contribution in [1.29, 1.82) is 0 Å². The predicted molar refractivity (Wildman–Crippen MR) is 111 cm³/mol. The molecule has 26 heavy (non-hydrogen) atoms. The van der Waals surface area contributed by atoms with Crippen LogP contribution >= 0.6 is 28.1 Å². The molecule has 0 spiro atoms. The Morgan fingerprint density at radius 1 is 1.27 bits per heavy atom. The molecule has 2 aromatic carbocycles. The van der Waals surface area contributed by atoms with E-state index < -0.39 is 0 Å². The third kappa shape index (κ3) is 6.00. The molecule has 0 aromatic heterocycles. The van der Waals surface area contributed by atoms with Gasteiger partial charge in [-0.25, -0.2) is 0 Å². The second-order valence-electron chi connectivity index (χ2n) is 5.83. The fourth-order valence-electron chi connectivity index (χ4n) is 2.19. The lowest BCUT2D eigenvalue weighted by atomic mass is 9.98. The zero-order valence-electron chi connectivity index (χ0n) is 14.6. The standard InChI is InChI=1S/C19H21BrN2O3S/c1-3-12(2)13-4-9-17(23)16(10-13)21-19(26)22-18(24)11-25-15-7-5-14(20)6-8-15/h4-10,12,23H,3,11H2,1-2H3,(H2,21,22,24,26)/t12-/m1/s1. The monoisotopic (exact) mass is 436 g/mol. The lowest BCUT2D eigenvalue weighted by Gasteiger charge is -2.15. The van der Waals surface area contributed by atoms with Crippen LogP contribution in [-0.4, -0.2) is 22.7 Å². The van der Waals surface area contributed by atoms with Gasteiger partial charge >= 0.3 is 0 Å². The normalized spacial score (nSPS) is 11.5. The minimum Gasteiger partial charge on any atom is -0.506 e. The number of halogens is 1. The molecule has 0 aliphatic rings. The van der Waals surface area contributed by atoms with Crippen molar-refractivity contribution in [2.24, 2.45) is 0 Å². The van der Waals surface area contributed by atoms with Crippen molar-refractivity contribution >= 4 is 44.9 Å². The van der Waals surface area contributed by atoms with Crippen LogP contribution in [0.25, 0.3) is 0 Å². The van der Waals surface area contributed by atoms with Crippen molar-refractivity contribution in [2.45, 2.75) is 26.2 Å². The van der Waals surface area contributed by atoms with Crippen molar-refractivity contribution in [1.82, 2.24) is 5.32 Å². The van der Waals surface area contributed by atoms with Gasteiger partial charge in [0.05, 0.1) is 5.69 Å². The first-order valence-electron chi connectivity index (χ1n) is 8.21. The number of benzene rings is 2. The molecule has 2 rings (SSSR count). The molecule has 3 N–H and O–H groups in total. The molecule has 0 aliphatic carbocycles. The van der Waals surface area contributed by atoms with Crippen LogP contribution < -0.4 is 15.4 Å². The van der Waals surface area contributed by atoms with E-state index >= 15 is 0 Å². The van der Waals surface area contributed by atoms with E-state index in [1.54, 1.807) is 18.2 Å². The largest absolute Gasteiger partial charge is 0.506 e. The summed E-state index contributed by atoms with van der Waals surface area (Å²) in [6, 6.07) is 12.5. The number of phenolic OH excluding ortho intramolecular Hbond substituents is 1. The van der Waals surface area contributed by atoms with E-state index in [1.165, 1.54) is 0 Å². The lowest BCUT2D eigenvalue weighted by Crippen LogP contribution is -2.37. The molecule has 0 saturated carbocycles. The van der Waals surface area contributed by atoms with Crippen LogP contribution in [0.2, 0.25) is 0 Å². The molecule has 7 heteroatoms. The van der Waals surface area contributed by atoms with Gasteiger partial charge in [0.1, 0.15) is 11.5 Å². The van der Waals surface area contributed by atoms with Gasteiger partial charge < -0.3 is 15.2 Å². The maximum Gasteiger partial charge on any atom is 0.264 e. The van der Waals surface area contributed by atoms with Crippen molar-refractivity contribution in [3.05, 3.63) is 52.5 Å². The molecule has 0 bridgehead atoms. The first-order chi connectivity index (χ1) is 12.4. The van der Waals surface area contributed by atoms with Crippen LogP contribution in [0.4, 0.5) is 5.69 Å². The van der Waals surface area contributed by atoms with Gasteiger partial charge in [-0.2, -0.15) is 0 Å². The summed E-state index contributed by atoms with van der Waals surface area (Å²) in [4.78, 5) is 12.0. The first kappa shape index (κ1) is 20.2. The molecule has 5 nitrogen and oxygen atoms in total. The smallest absolute Gasteiger partial charge is 0.264 e. The molecule has 1 amide bonds. The Morgan fingerprint density at radius 2 is 1.96 bits per heavy atom. The van der Waals surface area contributed by atoms with Crippen LogP contribution in [0, 0.1) is 0 Å². The van der Waals surface area contributed by atoms with Crippen molar-refractivity contribution < 1.29 is 14.6 Å². The highest BCUT2D eigenvalue weighted by atomic mass is 79.9. The summed E-state index contributed by atoms with van der Waals surface area (Å²) in [6.45, 7) is 4.04. The average Bonchev–Trinajstić information content (AvgIpc) is 2.62. The number of anilines is 1. The molecule has 138 valence electrons. The van der Waals surface area contributed by atoms with Crippen molar-refractivity contribution in [3.8, 4) is 11.5 Å². The summed E-state index contributed by atoms with van der Waals surface area (Å²) >= 11 is 8.47. The number of aromatic hydroxyl groups is 1. The van der Waals surface area contributed by atoms with Gasteiger partial charge in [-0.1, -0.05) is 35.8 Å². The molecule has 0 fully saturated rings. The Morgan fingerprint density at radius 3 is 2.62 bits per heavy atom. The summed E-state index contributed by atoms with van der Waals surface area (Å²) in [5.41, 5.74) is 1.54. The molecule has 0 aliphatic heterocycles. The van der Waals surface area contributed by atoms with E-state index in [0.29, 0.717) is 17.4 Å². The van der Waals surface area contributed by atoms with Crippen LogP contribution in [0.5, 0.6) is 11.5 Å². The Balaban J connectivity index is 1.89. The summed E-state index contributed by atoms with van der Waals surface area (Å²) in [5, 5.41) is 15.5. The predicted octanol–water partition coefficient (Wildman–Crippen LogP) is 4.56. The maximum absolute atomic E-state index is 12.0. The second-order valence-corrected chi connectivity index (χ2v) is 7.15. The quantitative estimate of drug-likeness (QED) is 0.457. The second kappa shape index (κ2) is 9.54. The van der Waals surface area contributed by atoms with Crippen LogP contribution in [0.1, 0.15) is 31.7 Å². The van der Waals surface area contributed by atoms with E-state index in [4.69, 9.17) is 17.0 Å². The Kier molecular flexibility index (Phi) is 7.41. The molecule has 0 radical (unpaired) electrons.